The van der Waals surface area contributed by atoms with E-state index in [-0.39, 0.29) is 17.2 Å². The lowest BCUT2D eigenvalue weighted by molar-refractivity contribution is -0.154. The van der Waals surface area contributed by atoms with Gasteiger partial charge in [-0.3, -0.25) is 19.6 Å². The van der Waals surface area contributed by atoms with Crippen molar-refractivity contribution in [3.8, 4) is 0 Å². The van der Waals surface area contributed by atoms with Crippen molar-refractivity contribution in [1.29, 1.82) is 0 Å². The number of likely N-dealkylation sites (N-methyl/N-ethyl adjacent to an activating group) is 1. The van der Waals surface area contributed by atoms with Crippen LogP contribution in [0.25, 0.3) is 0 Å². The number of ether oxygens (including phenoxy) is 1. The summed E-state index contributed by atoms with van der Waals surface area (Å²) in [5, 5.41) is 20.5. The standard InChI is InChI=1S/C24H30N4O5S/c1-3-27-23(30)21(26-18-9-8-12-25-15-18)20(24(31)32)22(17-11-14-34-16-17)28(27)13-7-5-6-10-19(29)33-4-2/h8-9,11-12,14-16,22,26H,3-7,10,13H2,1-2H3,(H,31,32). The molecule has 0 saturated carbocycles. The van der Waals surface area contributed by atoms with Crippen molar-refractivity contribution in [3.05, 3.63) is 58.2 Å². The molecule has 3 rings (SSSR count). The average molecular weight is 487 g/mol. The van der Waals surface area contributed by atoms with Crippen molar-refractivity contribution in [3.63, 3.8) is 0 Å². The number of carbonyl (C=O) groups is 3. The summed E-state index contributed by atoms with van der Waals surface area (Å²) in [7, 11) is 0. The molecule has 1 amide bonds. The highest BCUT2D eigenvalue weighted by atomic mass is 32.1. The van der Waals surface area contributed by atoms with Gasteiger partial charge in [-0.1, -0.05) is 6.42 Å². The molecule has 3 heterocycles. The van der Waals surface area contributed by atoms with Gasteiger partial charge >= 0.3 is 11.9 Å². The highest BCUT2D eigenvalue weighted by Crippen LogP contribution is 2.38. The highest BCUT2D eigenvalue weighted by molar-refractivity contribution is 7.08. The van der Waals surface area contributed by atoms with Crippen LogP contribution < -0.4 is 5.32 Å². The lowest BCUT2D eigenvalue weighted by Crippen LogP contribution is -2.55. The molecule has 0 aromatic carbocycles. The number of unbranched alkanes of at least 4 members (excludes halogenated alkanes) is 2. The van der Waals surface area contributed by atoms with Gasteiger partial charge in [-0.25, -0.2) is 9.80 Å². The molecular weight excluding hydrogens is 456 g/mol. The Morgan fingerprint density at radius 1 is 1.24 bits per heavy atom. The van der Waals surface area contributed by atoms with E-state index in [1.54, 1.807) is 36.5 Å². The lowest BCUT2D eigenvalue weighted by Gasteiger charge is -2.44. The molecule has 1 unspecified atom stereocenters. The molecule has 0 radical (unpaired) electrons. The number of esters is 1. The maximum absolute atomic E-state index is 13.5. The largest absolute Gasteiger partial charge is 0.478 e. The Kier molecular flexibility index (Phi) is 9.17. The summed E-state index contributed by atoms with van der Waals surface area (Å²) in [6.07, 6.45) is 5.62. The van der Waals surface area contributed by atoms with Gasteiger partial charge in [0, 0.05) is 25.7 Å². The van der Waals surface area contributed by atoms with E-state index in [2.05, 4.69) is 10.3 Å². The molecule has 2 N–H and O–H groups in total. The molecule has 0 spiro atoms. The first-order valence-electron chi connectivity index (χ1n) is 11.4. The second kappa shape index (κ2) is 12.3. The zero-order valence-electron chi connectivity index (χ0n) is 19.4. The van der Waals surface area contributed by atoms with Crippen LogP contribution in [0.4, 0.5) is 5.69 Å². The zero-order valence-corrected chi connectivity index (χ0v) is 20.2. The Hall–Kier alpha value is -3.24. The third kappa shape index (κ3) is 6.00. The van der Waals surface area contributed by atoms with Crippen LogP contribution in [0, 0.1) is 0 Å². The second-order valence-electron chi connectivity index (χ2n) is 7.72. The van der Waals surface area contributed by atoms with E-state index in [1.165, 1.54) is 11.3 Å². The number of anilines is 1. The predicted molar refractivity (Wildman–Crippen MR) is 129 cm³/mol. The third-order valence-electron chi connectivity index (χ3n) is 5.49. The SMILES string of the molecule is CCOC(=O)CCCCCN1C(c2ccsc2)C(C(=O)O)=C(Nc2cccnc2)C(=O)N1CC. The molecule has 9 nitrogen and oxygen atoms in total. The van der Waals surface area contributed by atoms with Crippen molar-refractivity contribution in [2.24, 2.45) is 0 Å². The summed E-state index contributed by atoms with van der Waals surface area (Å²) < 4.78 is 4.97. The maximum atomic E-state index is 13.5. The number of carbonyl (C=O) groups excluding carboxylic acids is 2. The number of carboxylic acid groups (broad SMARTS) is 1. The quantitative estimate of drug-likeness (QED) is 0.344. The number of amides is 1. The van der Waals surface area contributed by atoms with Crippen LogP contribution in [0.3, 0.4) is 0 Å². The number of hydrogen-bond acceptors (Lipinski definition) is 8. The normalized spacial score (nSPS) is 16.6. The average Bonchev–Trinajstić information content (AvgIpc) is 3.35. The van der Waals surface area contributed by atoms with E-state index in [0.717, 1.165) is 12.0 Å². The van der Waals surface area contributed by atoms with E-state index < -0.39 is 17.9 Å². The minimum absolute atomic E-state index is 0.00322. The summed E-state index contributed by atoms with van der Waals surface area (Å²) in [6, 6.07) is 4.70. The van der Waals surface area contributed by atoms with E-state index in [0.29, 0.717) is 44.6 Å². The first-order chi connectivity index (χ1) is 16.5. The molecule has 0 saturated heterocycles. The molecule has 1 atom stereocenters. The van der Waals surface area contributed by atoms with Gasteiger partial charge in [0.25, 0.3) is 5.91 Å². The molecule has 2 aromatic rings. The van der Waals surface area contributed by atoms with Gasteiger partial charge in [-0.2, -0.15) is 11.3 Å². The second-order valence-corrected chi connectivity index (χ2v) is 8.50. The van der Waals surface area contributed by atoms with Crippen LogP contribution in [0.5, 0.6) is 0 Å². The van der Waals surface area contributed by atoms with Crippen molar-refractivity contribution < 1.29 is 24.2 Å². The molecule has 1 aliphatic rings. The van der Waals surface area contributed by atoms with Gasteiger partial charge in [0.2, 0.25) is 0 Å². The molecular formula is C24H30N4O5S. The number of aliphatic carboxylic acids is 1. The maximum Gasteiger partial charge on any atom is 0.335 e. The Balaban J connectivity index is 1.90. The molecule has 10 heteroatoms. The number of hydrogen-bond donors (Lipinski definition) is 2. The van der Waals surface area contributed by atoms with Gasteiger partial charge in [0.05, 0.1) is 30.1 Å². The summed E-state index contributed by atoms with van der Waals surface area (Å²) >= 11 is 1.48. The lowest BCUT2D eigenvalue weighted by atomic mass is 9.95. The first kappa shape index (κ1) is 25.4. The topological polar surface area (TPSA) is 112 Å². The van der Waals surface area contributed by atoms with E-state index in [1.807, 2.05) is 28.8 Å². The van der Waals surface area contributed by atoms with Crippen LogP contribution in [0.1, 0.15) is 51.1 Å². The fraction of sp³-hybridized carbons (Fsp3) is 0.417. The van der Waals surface area contributed by atoms with Crippen LogP contribution >= 0.6 is 11.3 Å². The van der Waals surface area contributed by atoms with Crippen molar-refractivity contribution >= 4 is 34.9 Å². The summed E-state index contributed by atoms with van der Waals surface area (Å²) in [5.74, 6) is -1.77. The Labute approximate surface area is 203 Å². The molecule has 0 bridgehead atoms. The molecule has 1 aliphatic heterocycles. The van der Waals surface area contributed by atoms with Gasteiger partial charge in [-0.15, -0.1) is 0 Å². The molecule has 2 aromatic heterocycles. The van der Waals surface area contributed by atoms with Gasteiger partial charge in [0.15, 0.2) is 0 Å². The van der Waals surface area contributed by atoms with E-state index in [4.69, 9.17) is 4.74 Å². The Morgan fingerprint density at radius 2 is 2.06 bits per heavy atom. The van der Waals surface area contributed by atoms with Crippen LogP contribution in [-0.4, -0.2) is 57.7 Å². The van der Waals surface area contributed by atoms with Gasteiger partial charge in [-0.05, 0) is 61.2 Å². The minimum atomic E-state index is -1.15. The van der Waals surface area contributed by atoms with Crippen LogP contribution in [0.15, 0.2) is 52.6 Å². The smallest absolute Gasteiger partial charge is 0.335 e. The van der Waals surface area contributed by atoms with Crippen molar-refractivity contribution in [1.82, 2.24) is 15.0 Å². The van der Waals surface area contributed by atoms with Crippen molar-refractivity contribution in [2.45, 2.75) is 45.6 Å². The number of nitrogens with one attached hydrogen (secondary N) is 1. The number of aromatic nitrogens is 1. The fourth-order valence-electron chi connectivity index (χ4n) is 4.01. The van der Waals surface area contributed by atoms with E-state index in [9.17, 15) is 19.5 Å². The van der Waals surface area contributed by atoms with Crippen LogP contribution in [0.2, 0.25) is 0 Å². The fourth-order valence-corrected chi connectivity index (χ4v) is 4.69. The molecule has 182 valence electrons. The molecule has 34 heavy (non-hydrogen) atoms. The van der Waals surface area contributed by atoms with Crippen molar-refractivity contribution in [2.75, 3.05) is 25.0 Å². The summed E-state index contributed by atoms with van der Waals surface area (Å²) in [6.45, 7) is 4.86. The summed E-state index contributed by atoms with van der Waals surface area (Å²) in [5.41, 5.74) is 1.39. The third-order valence-corrected chi connectivity index (χ3v) is 6.19. The highest BCUT2D eigenvalue weighted by Gasteiger charge is 2.43. The summed E-state index contributed by atoms with van der Waals surface area (Å²) in [4.78, 5) is 41.6. The first-order valence-corrected chi connectivity index (χ1v) is 12.3. The number of pyridine rings is 1. The number of rotatable bonds is 12. The monoisotopic (exact) mass is 486 g/mol. The minimum Gasteiger partial charge on any atom is -0.478 e. The molecule has 0 fully saturated rings. The Morgan fingerprint density at radius 3 is 2.68 bits per heavy atom. The Bertz CT molecular complexity index is 1010. The molecule has 0 aliphatic carbocycles. The number of carboxylic acids is 1. The van der Waals surface area contributed by atoms with Gasteiger partial charge in [0.1, 0.15) is 5.70 Å². The van der Waals surface area contributed by atoms with Crippen LogP contribution in [-0.2, 0) is 19.1 Å². The number of hydrazine groups is 1. The number of nitrogens with zero attached hydrogens (tertiary/aromatic N) is 3. The zero-order chi connectivity index (χ0) is 24.5. The van der Waals surface area contributed by atoms with Gasteiger partial charge < -0.3 is 15.2 Å². The predicted octanol–water partition coefficient (Wildman–Crippen LogP) is 3.84. The van der Waals surface area contributed by atoms with E-state index >= 15 is 0 Å². The number of thiophene rings is 1.